The number of rotatable bonds is 3. The van der Waals surface area contributed by atoms with Crippen LogP contribution >= 0.6 is 12.4 Å². The Bertz CT molecular complexity index is 661. The summed E-state index contributed by atoms with van der Waals surface area (Å²) < 4.78 is 1.59. The van der Waals surface area contributed by atoms with E-state index in [0.29, 0.717) is 24.5 Å². The van der Waals surface area contributed by atoms with Gasteiger partial charge in [-0.3, -0.25) is 4.79 Å². The molecule has 2 unspecified atom stereocenters. The largest absolute Gasteiger partial charge is 0.392 e. The number of nitrogens with zero attached hydrogens (tertiary/aromatic N) is 4. The van der Waals surface area contributed by atoms with Gasteiger partial charge in [0, 0.05) is 12.2 Å². The maximum atomic E-state index is 12.1. The van der Waals surface area contributed by atoms with Gasteiger partial charge in [0.1, 0.15) is 0 Å². The topological polar surface area (TPSA) is 105 Å². The van der Waals surface area contributed by atoms with Gasteiger partial charge in [-0.05, 0) is 42.0 Å². The number of carbonyl (C=O) groups excluding carboxylic acids is 1. The number of tetrazole rings is 1. The highest BCUT2D eigenvalue weighted by Gasteiger charge is 2.27. The Balaban J connectivity index is 0.00000176. The second-order valence-electron chi connectivity index (χ2n) is 5.03. The lowest BCUT2D eigenvalue weighted by Gasteiger charge is -2.12. The maximum absolute atomic E-state index is 12.1. The van der Waals surface area contributed by atoms with Crippen LogP contribution in [0.15, 0.2) is 24.3 Å². The average Bonchev–Trinajstić information content (AvgIpc) is 3.08. The molecule has 0 radical (unpaired) electrons. The fourth-order valence-corrected chi connectivity index (χ4v) is 2.33. The summed E-state index contributed by atoms with van der Waals surface area (Å²) in [6.45, 7) is 2.25. The summed E-state index contributed by atoms with van der Waals surface area (Å²) in [6.07, 6.45) is -0.0339. The molecule has 2 atom stereocenters. The fraction of sp³-hybridized carbons (Fsp3) is 0.385. The normalized spacial score (nSPS) is 20.5. The summed E-state index contributed by atoms with van der Waals surface area (Å²) in [5, 5.41) is 26.6. The Labute approximate surface area is 133 Å². The van der Waals surface area contributed by atoms with Crippen molar-refractivity contribution in [2.45, 2.75) is 25.5 Å². The van der Waals surface area contributed by atoms with Crippen molar-refractivity contribution in [2.24, 2.45) is 0 Å². The van der Waals surface area contributed by atoms with E-state index in [4.69, 9.17) is 0 Å². The Morgan fingerprint density at radius 3 is 2.95 bits per heavy atom. The third-order valence-electron chi connectivity index (χ3n) is 3.41. The molecule has 0 saturated carbocycles. The predicted molar refractivity (Wildman–Crippen MR) is 82.2 cm³/mol. The number of carbonyl (C=O) groups is 1. The minimum Gasteiger partial charge on any atom is -0.392 e. The quantitative estimate of drug-likeness (QED) is 0.737. The monoisotopic (exact) mass is 324 g/mol. The highest BCUT2D eigenvalue weighted by molar-refractivity contribution is 5.95. The molecule has 0 spiro atoms. The van der Waals surface area contributed by atoms with Crippen LogP contribution in [0.4, 0.5) is 5.69 Å². The molecule has 1 amide bonds. The molecule has 1 saturated heterocycles. The number of aliphatic hydroxyl groups is 1. The standard InChI is InChI=1S/C13H16N6O2.ClH/c1-8-16-17-18-19(8)10-4-2-3-9(5-10)15-13(21)12-6-11(20)7-14-12;/h2-5,11-12,14,20H,6-7H2,1H3,(H,15,21);1H. The summed E-state index contributed by atoms with van der Waals surface area (Å²) in [6, 6.07) is 6.91. The molecule has 22 heavy (non-hydrogen) atoms. The van der Waals surface area contributed by atoms with Gasteiger partial charge in [-0.25, -0.2) is 0 Å². The van der Waals surface area contributed by atoms with Crippen molar-refractivity contribution in [1.29, 1.82) is 0 Å². The van der Waals surface area contributed by atoms with Crippen LogP contribution in [0.1, 0.15) is 12.2 Å². The Morgan fingerprint density at radius 2 is 2.32 bits per heavy atom. The maximum Gasteiger partial charge on any atom is 0.241 e. The lowest BCUT2D eigenvalue weighted by molar-refractivity contribution is -0.117. The molecular formula is C13H17ClN6O2. The minimum absolute atomic E-state index is 0. The third kappa shape index (κ3) is 3.41. The van der Waals surface area contributed by atoms with Crippen molar-refractivity contribution in [3.63, 3.8) is 0 Å². The number of nitrogens with one attached hydrogen (secondary N) is 2. The van der Waals surface area contributed by atoms with Crippen LogP contribution < -0.4 is 10.6 Å². The van der Waals surface area contributed by atoms with E-state index < -0.39 is 6.10 Å². The number of anilines is 1. The number of aliphatic hydroxyl groups excluding tert-OH is 1. The SMILES string of the molecule is Cc1nnnn1-c1cccc(NC(=O)C2CC(O)CN2)c1.Cl. The van der Waals surface area contributed by atoms with Crippen molar-refractivity contribution in [2.75, 3.05) is 11.9 Å². The van der Waals surface area contributed by atoms with Gasteiger partial charge >= 0.3 is 0 Å². The number of amides is 1. The number of β-amino-alcohol motifs (C(OH)–C–C–N with tert-alkyl or cyclic N) is 1. The van der Waals surface area contributed by atoms with Crippen molar-refractivity contribution in [1.82, 2.24) is 25.5 Å². The van der Waals surface area contributed by atoms with Gasteiger partial charge in [0.05, 0.1) is 17.8 Å². The summed E-state index contributed by atoms with van der Waals surface area (Å²) in [5.41, 5.74) is 1.44. The van der Waals surface area contributed by atoms with E-state index in [1.807, 2.05) is 12.1 Å². The van der Waals surface area contributed by atoms with Crippen LogP contribution in [0.3, 0.4) is 0 Å². The zero-order chi connectivity index (χ0) is 14.8. The average molecular weight is 325 g/mol. The van der Waals surface area contributed by atoms with E-state index in [-0.39, 0.29) is 24.4 Å². The second kappa shape index (κ2) is 6.82. The lowest BCUT2D eigenvalue weighted by atomic mass is 10.2. The molecular weight excluding hydrogens is 308 g/mol. The number of benzene rings is 1. The zero-order valence-corrected chi connectivity index (χ0v) is 12.7. The fourth-order valence-electron chi connectivity index (χ4n) is 2.33. The number of hydrogen-bond acceptors (Lipinski definition) is 6. The smallest absolute Gasteiger partial charge is 0.241 e. The number of aromatic nitrogens is 4. The van der Waals surface area contributed by atoms with E-state index in [0.717, 1.165) is 5.69 Å². The zero-order valence-electron chi connectivity index (χ0n) is 11.9. The molecule has 1 aliphatic rings. The summed E-state index contributed by atoms with van der Waals surface area (Å²) in [5.74, 6) is 0.510. The summed E-state index contributed by atoms with van der Waals surface area (Å²) in [7, 11) is 0. The van der Waals surface area contributed by atoms with Gasteiger partial charge in [-0.2, -0.15) is 4.68 Å². The molecule has 1 fully saturated rings. The van der Waals surface area contributed by atoms with Gasteiger partial charge in [0.15, 0.2) is 5.82 Å². The first kappa shape index (κ1) is 16.3. The lowest BCUT2D eigenvalue weighted by Crippen LogP contribution is -2.35. The Morgan fingerprint density at radius 1 is 1.50 bits per heavy atom. The molecule has 0 aliphatic carbocycles. The molecule has 1 aromatic carbocycles. The van der Waals surface area contributed by atoms with Gasteiger partial charge < -0.3 is 15.7 Å². The first-order valence-corrected chi connectivity index (χ1v) is 6.71. The molecule has 2 aromatic rings. The van der Waals surface area contributed by atoms with Crippen LogP contribution in [0.25, 0.3) is 5.69 Å². The Kier molecular flexibility index (Phi) is 5.07. The Hall–Kier alpha value is -2.03. The van der Waals surface area contributed by atoms with E-state index in [2.05, 4.69) is 26.2 Å². The second-order valence-corrected chi connectivity index (χ2v) is 5.03. The molecule has 3 rings (SSSR count). The van der Waals surface area contributed by atoms with E-state index in [1.54, 1.807) is 23.7 Å². The van der Waals surface area contributed by atoms with Crippen LogP contribution in [-0.4, -0.2) is 49.9 Å². The van der Waals surface area contributed by atoms with Gasteiger partial charge in [-0.1, -0.05) is 6.07 Å². The molecule has 8 nitrogen and oxygen atoms in total. The van der Waals surface area contributed by atoms with Gasteiger partial charge in [0.25, 0.3) is 0 Å². The van der Waals surface area contributed by atoms with Crippen molar-refractivity contribution >= 4 is 24.0 Å². The number of halogens is 1. The van der Waals surface area contributed by atoms with Crippen molar-refractivity contribution in [3.05, 3.63) is 30.1 Å². The molecule has 0 bridgehead atoms. The molecule has 1 aliphatic heterocycles. The highest BCUT2D eigenvalue weighted by atomic mass is 35.5. The minimum atomic E-state index is -0.462. The van der Waals surface area contributed by atoms with E-state index >= 15 is 0 Å². The van der Waals surface area contributed by atoms with Crippen molar-refractivity contribution < 1.29 is 9.90 Å². The molecule has 9 heteroatoms. The first-order valence-electron chi connectivity index (χ1n) is 6.71. The molecule has 2 heterocycles. The third-order valence-corrected chi connectivity index (χ3v) is 3.41. The van der Waals surface area contributed by atoms with Crippen LogP contribution in [0.2, 0.25) is 0 Å². The van der Waals surface area contributed by atoms with Gasteiger partial charge in [0.2, 0.25) is 5.91 Å². The van der Waals surface area contributed by atoms with Crippen LogP contribution in [0, 0.1) is 6.92 Å². The van der Waals surface area contributed by atoms with Crippen LogP contribution in [0.5, 0.6) is 0 Å². The summed E-state index contributed by atoms with van der Waals surface area (Å²) >= 11 is 0. The number of hydrogen-bond donors (Lipinski definition) is 3. The summed E-state index contributed by atoms with van der Waals surface area (Å²) in [4.78, 5) is 12.1. The van der Waals surface area contributed by atoms with E-state index in [1.165, 1.54) is 0 Å². The molecule has 1 aromatic heterocycles. The molecule has 118 valence electrons. The van der Waals surface area contributed by atoms with E-state index in [9.17, 15) is 9.90 Å². The van der Waals surface area contributed by atoms with Crippen molar-refractivity contribution in [3.8, 4) is 5.69 Å². The predicted octanol–water partition coefficient (Wildman–Crippen LogP) is 0.0538. The van der Waals surface area contributed by atoms with Gasteiger partial charge in [-0.15, -0.1) is 17.5 Å². The number of aryl methyl sites for hydroxylation is 1. The highest BCUT2D eigenvalue weighted by Crippen LogP contribution is 2.16. The molecule has 3 N–H and O–H groups in total. The first-order chi connectivity index (χ1) is 10.1. The van der Waals surface area contributed by atoms with Crippen LogP contribution in [-0.2, 0) is 4.79 Å².